The number of fused-ring (bicyclic) bond motifs is 1. The van der Waals surface area contributed by atoms with Crippen molar-refractivity contribution in [1.29, 1.82) is 0 Å². The molecule has 2 aromatic heterocycles. The highest BCUT2D eigenvalue weighted by Gasteiger charge is 2.28. The third kappa shape index (κ3) is 7.54. The van der Waals surface area contributed by atoms with Crippen LogP contribution in [-0.4, -0.2) is 65.1 Å². The number of halogens is 1. The number of anilines is 1. The molecule has 2 aliphatic rings. The van der Waals surface area contributed by atoms with Gasteiger partial charge in [0.05, 0.1) is 25.5 Å². The first kappa shape index (κ1) is 27.7. The topological polar surface area (TPSA) is 117 Å². The summed E-state index contributed by atoms with van der Waals surface area (Å²) >= 11 is 0. The number of rotatable bonds is 10. The van der Waals surface area contributed by atoms with Gasteiger partial charge in [-0.3, -0.25) is 9.59 Å². The lowest BCUT2D eigenvalue weighted by Crippen LogP contribution is -2.44. The van der Waals surface area contributed by atoms with Crippen molar-refractivity contribution in [2.45, 2.75) is 51.0 Å². The number of methoxy groups -OCH3 is 1. The molecule has 1 saturated heterocycles. The number of aliphatic carboxylic acids is 1. The van der Waals surface area contributed by atoms with E-state index in [2.05, 4.69) is 32.7 Å². The molecule has 4 heterocycles. The molecule has 10 heteroatoms. The van der Waals surface area contributed by atoms with Gasteiger partial charge in [-0.1, -0.05) is 12.1 Å². The zero-order chi connectivity index (χ0) is 24.6. The van der Waals surface area contributed by atoms with Gasteiger partial charge in [-0.05, 0) is 68.8 Å². The van der Waals surface area contributed by atoms with Gasteiger partial charge >= 0.3 is 5.97 Å². The number of amides is 1. The van der Waals surface area contributed by atoms with Crippen LogP contribution in [0.2, 0.25) is 0 Å². The molecule has 0 radical (unpaired) electrons. The van der Waals surface area contributed by atoms with Crippen LogP contribution in [0.3, 0.4) is 0 Å². The van der Waals surface area contributed by atoms with Crippen molar-refractivity contribution in [3.8, 4) is 5.88 Å². The number of aromatic nitrogens is 2. The van der Waals surface area contributed by atoms with E-state index < -0.39 is 12.0 Å². The van der Waals surface area contributed by atoms with E-state index in [0.717, 1.165) is 69.7 Å². The van der Waals surface area contributed by atoms with E-state index in [1.807, 2.05) is 0 Å². The Bertz CT molecular complexity index is 1020. The first-order valence-corrected chi connectivity index (χ1v) is 12.5. The molecule has 9 nitrogen and oxygen atoms in total. The number of carbonyl (C=O) groups is 2. The maximum absolute atomic E-state index is 13.1. The summed E-state index contributed by atoms with van der Waals surface area (Å²) in [6.45, 7) is 3.56. The van der Waals surface area contributed by atoms with Crippen molar-refractivity contribution in [2.75, 3.05) is 38.6 Å². The first-order valence-electron chi connectivity index (χ1n) is 12.5. The average Bonchev–Trinajstić information content (AvgIpc) is 2.88. The normalized spacial score (nSPS) is 18.2. The minimum atomic E-state index is -0.970. The number of carbonyl (C=O) groups excluding carboxylic acids is 1. The molecular formula is C26H36ClN5O4. The van der Waals surface area contributed by atoms with Crippen LogP contribution < -0.4 is 15.4 Å². The Kier molecular flexibility index (Phi) is 10.3. The summed E-state index contributed by atoms with van der Waals surface area (Å²) in [5.74, 6) is 0.254. The number of nitrogens with one attached hydrogen (secondary N) is 2. The van der Waals surface area contributed by atoms with Crippen molar-refractivity contribution >= 4 is 30.1 Å². The molecule has 0 aliphatic carbocycles. The number of hydrogen-bond donors (Lipinski definition) is 3. The van der Waals surface area contributed by atoms with Crippen molar-refractivity contribution < 1.29 is 19.4 Å². The SMILES string of the molecule is COc1ccc([C@H](CC(=O)O)NC(=O)[C@@H]2CCCN(CCCc3ccc4c(n3)NCCC4)C2)cn1.Cl. The number of carboxylic acids is 1. The molecule has 4 rings (SSSR count). The lowest BCUT2D eigenvalue weighted by atomic mass is 9.95. The van der Waals surface area contributed by atoms with E-state index in [0.29, 0.717) is 18.0 Å². The molecular weight excluding hydrogens is 482 g/mol. The molecule has 1 amide bonds. The summed E-state index contributed by atoms with van der Waals surface area (Å²) in [6.07, 6.45) is 7.27. The quantitative estimate of drug-likeness (QED) is 0.440. The number of ether oxygens (including phenoxy) is 1. The number of carboxylic acid groups (broad SMARTS) is 1. The van der Waals surface area contributed by atoms with Crippen molar-refractivity contribution in [1.82, 2.24) is 20.2 Å². The second-order valence-corrected chi connectivity index (χ2v) is 9.38. The summed E-state index contributed by atoms with van der Waals surface area (Å²) in [5, 5.41) is 15.7. The summed E-state index contributed by atoms with van der Waals surface area (Å²) in [6, 6.07) is 7.12. The highest BCUT2D eigenvalue weighted by Crippen LogP contribution is 2.23. The number of nitrogens with zero attached hydrogens (tertiary/aromatic N) is 3. The van der Waals surface area contributed by atoms with Crippen LogP contribution in [0.15, 0.2) is 30.5 Å². The van der Waals surface area contributed by atoms with Gasteiger partial charge in [0.15, 0.2) is 0 Å². The zero-order valence-electron chi connectivity index (χ0n) is 20.7. The lowest BCUT2D eigenvalue weighted by Gasteiger charge is -2.32. The van der Waals surface area contributed by atoms with E-state index in [-0.39, 0.29) is 30.7 Å². The molecule has 2 aliphatic heterocycles. The van der Waals surface area contributed by atoms with Crippen LogP contribution in [-0.2, 0) is 22.4 Å². The summed E-state index contributed by atoms with van der Waals surface area (Å²) in [7, 11) is 1.52. The van der Waals surface area contributed by atoms with E-state index in [1.54, 1.807) is 18.3 Å². The molecule has 0 spiro atoms. The maximum Gasteiger partial charge on any atom is 0.305 e. The van der Waals surface area contributed by atoms with Gasteiger partial charge in [0, 0.05) is 31.0 Å². The van der Waals surface area contributed by atoms with Gasteiger partial charge in [-0.25, -0.2) is 9.97 Å². The fourth-order valence-corrected chi connectivity index (χ4v) is 4.90. The van der Waals surface area contributed by atoms with E-state index in [1.165, 1.54) is 12.7 Å². The highest BCUT2D eigenvalue weighted by atomic mass is 35.5. The maximum atomic E-state index is 13.1. The monoisotopic (exact) mass is 517 g/mol. The van der Waals surface area contributed by atoms with Gasteiger partial charge in [0.25, 0.3) is 0 Å². The smallest absolute Gasteiger partial charge is 0.305 e. The molecule has 2 atom stereocenters. The Morgan fingerprint density at radius 3 is 2.89 bits per heavy atom. The Hall–Kier alpha value is -2.91. The molecule has 0 unspecified atom stereocenters. The standard InChI is InChI=1S/C26H35N5O4.ClH/c1-35-23-11-9-19(16-28-23)22(15-24(32)33)30-26(34)20-6-3-13-31(17-20)14-4-7-21-10-8-18-5-2-12-27-25(18)29-21;/h8-11,16,20,22H,2-7,12-15,17H2,1H3,(H,27,29)(H,30,34)(H,32,33);1H/t20-,22+;/m1./s1. The zero-order valence-corrected chi connectivity index (χ0v) is 21.6. The Morgan fingerprint density at radius 2 is 2.14 bits per heavy atom. The molecule has 1 fully saturated rings. The first-order chi connectivity index (χ1) is 17.0. The Labute approximate surface area is 218 Å². The van der Waals surface area contributed by atoms with Crippen LogP contribution >= 0.6 is 12.4 Å². The van der Waals surface area contributed by atoms with Gasteiger partial charge in [-0.2, -0.15) is 0 Å². The fourth-order valence-electron chi connectivity index (χ4n) is 4.90. The molecule has 2 aromatic rings. The second kappa shape index (κ2) is 13.4. The van der Waals surface area contributed by atoms with Crippen LogP contribution in [0.4, 0.5) is 5.82 Å². The largest absolute Gasteiger partial charge is 0.481 e. The summed E-state index contributed by atoms with van der Waals surface area (Å²) in [5.41, 5.74) is 3.06. The number of hydrogen-bond acceptors (Lipinski definition) is 7. The average molecular weight is 518 g/mol. The third-order valence-corrected chi connectivity index (χ3v) is 6.80. The van der Waals surface area contributed by atoms with E-state index >= 15 is 0 Å². The van der Waals surface area contributed by atoms with Crippen LogP contribution in [0.25, 0.3) is 0 Å². The summed E-state index contributed by atoms with van der Waals surface area (Å²) < 4.78 is 5.08. The molecule has 3 N–H and O–H groups in total. The molecule has 196 valence electrons. The van der Waals surface area contributed by atoms with Crippen molar-refractivity contribution in [3.63, 3.8) is 0 Å². The molecule has 0 bridgehead atoms. The van der Waals surface area contributed by atoms with Crippen LogP contribution in [0.5, 0.6) is 5.88 Å². The molecule has 0 saturated carbocycles. The minimum absolute atomic E-state index is 0. The van der Waals surface area contributed by atoms with E-state index in [4.69, 9.17) is 9.72 Å². The predicted molar refractivity (Wildman–Crippen MR) is 140 cm³/mol. The fraction of sp³-hybridized carbons (Fsp3) is 0.538. The van der Waals surface area contributed by atoms with Gasteiger partial charge < -0.3 is 25.4 Å². The number of piperidine rings is 1. The van der Waals surface area contributed by atoms with Gasteiger partial charge in [0.1, 0.15) is 5.82 Å². The van der Waals surface area contributed by atoms with Gasteiger partial charge in [-0.15, -0.1) is 12.4 Å². The second-order valence-electron chi connectivity index (χ2n) is 9.38. The molecule has 0 aromatic carbocycles. The van der Waals surface area contributed by atoms with Crippen LogP contribution in [0.1, 0.15) is 55.0 Å². The summed E-state index contributed by atoms with van der Waals surface area (Å²) in [4.78, 5) is 35.8. The Balaban J connectivity index is 0.00000361. The third-order valence-electron chi connectivity index (χ3n) is 6.80. The number of aryl methyl sites for hydroxylation is 2. The van der Waals surface area contributed by atoms with Crippen LogP contribution in [0, 0.1) is 5.92 Å². The number of likely N-dealkylation sites (tertiary alicyclic amines) is 1. The lowest BCUT2D eigenvalue weighted by molar-refractivity contribution is -0.138. The minimum Gasteiger partial charge on any atom is -0.481 e. The van der Waals surface area contributed by atoms with E-state index in [9.17, 15) is 14.7 Å². The van der Waals surface area contributed by atoms with Crippen molar-refractivity contribution in [3.05, 3.63) is 47.3 Å². The molecule has 36 heavy (non-hydrogen) atoms. The highest BCUT2D eigenvalue weighted by molar-refractivity contribution is 5.85. The Morgan fingerprint density at radius 1 is 1.28 bits per heavy atom. The predicted octanol–water partition coefficient (Wildman–Crippen LogP) is 3.24. The van der Waals surface area contributed by atoms with Crippen molar-refractivity contribution in [2.24, 2.45) is 5.92 Å². The van der Waals surface area contributed by atoms with Gasteiger partial charge in [0.2, 0.25) is 11.8 Å². The number of pyridine rings is 2.